The summed E-state index contributed by atoms with van der Waals surface area (Å²) >= 11 is 0. The second-order valence-electron chi connectivity index (χ2n) is 6.62. The van der Waals surface area contributed by atoms with E-state index >= 15 is 0 Å². The van der Waals surface area contributed by atoms with Crippen LogP contribution < -0.4 is 14.8 Å². The largest absolute Gasteiger partial charge is 0.497 e. The maximum atomic E-state index is 12.4. The molecule has 1 amide bonds. The highest BCUT2D eigenvalue weighted by molar-refractivity contribution is 5.80. The molecule has 8 heteroatoms. The van der Waals surface area contributed by atoms with E-state index in [-0.39, 0.29) is 12.5 Å². The molecule has 0 aliphatic rings. The van der Waals surface area contributed by atoms with E-state index in [0.717, 1.165) is 17.0 Å². The van der Waals surface area contributed by atoms with Crippen molar-refractivity contribution in [2.45, 2.75) is 19.6 Å². The Hall–Kier alpha value is -3.94. The van der Waals surface area contributed by atoms with Gasteiger partial charge in [-0.25, -0.2) is 0 Å². The SMILES string of the molecule is COc1ccc(-c2ccc3nnc(CNC(=O)[C@@H](C)Oc4ccccc4)n3n2)cc1. The summed E-state index contributed by atoms with van der Waals surface area (Å²) in [6, 6.07) is 20.6. The Bertz CT molecular complexity index is 1140. The van der Waals surface area contributed by atoms with Gasteiger partial charge in [0, 0.05) is 5.56 Å². The lowest BCUT2D eigenvalue weighted by molar-refractivity contribution is -0.127. The number of benzene rings is 2. The van der Waals surface area contributed by atoms with Crippen LogP contribution in [0.2, 0.25) is 0 Å². The zero-order valence-electron chi connectivity index (χ0n) is 16.6. The number of nitrogens with one attached hydrogen (secondary N) is 1. The molecule has 0 radical (unpaired) electrons. The number of ether oxygens (including phenoxy) is 2. The standard InChI is InChI=1S/C22H21N5O3/c1-15(30-18-6-4-3-5-7-18)22(28)23-14-21-25-24-20-13-12-19(26-27(20)21)16-8-10-17(29-2)11-9-16/h3-13,15H,14H2,1-2H3,(H,23,28)/t15-/m1/s1. The monoisotopic (exact) mass is 403 g/mol. The minimum absolute atomic E-state index is 0.182. The second-order valence-corrected chi connectivity index (χ2v) is 6.62. The van der Waals surface area contributed by atoms with Crippen molar-refractivity contribution >= 4 is 11.6 Å². The highest BCUT2D eigenvalue weighted by Gasteiger charge is 2.16. The van der Waals surface area contributed by atoms with Crippen molar-refractivity contribution in [2.24, 2.45) is 0 Å². The normalized spacial score (nSPS) is 11.8. The Morgan fingerprint density at radius 1 is 1.00 bits per heavy atom. The number of hydrogen-bond donors (Lipinski definition) is 1. The number of carbonyl (C=O) groups is 1. The first kappa shape index (κ1) is 19.4. The third-order valence-corrected chi connectivity index (χ3v) is 4.56. The van der Waals surface area contributed by atoms with Gasteiger partial charge in [0.1, 0.15) is 11.5 Å². The highest BCUT2D eigenvalue weighted by atomic mass is 16.5. The number of amides is 1. The Morgan fingerprint density at radius 2 is 1.77 bits per heavy atom. The van der Waals surface area contributed by atoms with Crippen molar-refractivity contribution < 1.29 is 14.3 Å². The molecule has 2 heterocycles. The maximum absolute atomic E-state index is 12.4. The molecule has 2 aromatic heterocycles. The van der Waals surface area contributed by atoms with Gasteiger partial charge in [-0.05, 0) is 55.5 Å². The van der Waals surface area contributed by atoms with Crippen LogP contribution >= 0.6 is 0 Å². The third kappa shape index (κ3) is 4.22. The lowest BCUT2D eigenvalue weighted by Crippen LogP contribution is -2.36. The average molecular weight is 403 g/mol. The van der Waals surface area contributed by atoms with Gasteiger partial charge in [-0.1, -0.05) is 18.2 Å². The third-order valence-electron chi connectivity index (χ3n) is 4.56. The zero-order valence-corrected chi connectivity index (χ0v) is 16.6. The lowest BCUT2D eigenvalue weighted by atomic mass is 10.1. The van der Waals surface area contributed by atoms with Crippen LogP contribution in [0.1, 0.15) is 12.7 Å². The first-order valence-corrected chi connectivity index (χ1v) is 9.49. The molecule has 0 spiro atoms. The van der Waals surface area contributed by atoms with Crippen LogP contribution in [-0.2, 0) is 11.3 Å². The van der Waals surface area contributed by atoms with Crippen LogP contribution in [0.5, 0.6) is 11.5 Å². The summed E-state index contributed by atoms with van der Waals surface area (Å²) in [6.07, 6.45) is -0.644. The van der Waals surface area contributed by atoms with Gasteiger partial charge in [-0.3, -0.25) is 4.79 Å². The Morgan fingerprint density at radius 3 is 2.50 bits per heavy atom. The van der Waals surface area contributed by atoms with Crippen LogP contribution in [-0.4, -0.2) is 38.9 Å². The second kappa shape index (κ2) is 8.60. The quantitative estimate of drug-likeness (QED) is 0.510. The maximum Gasteiger partial charge on any atom is 0.261 e. The van der Waals surface area contributed by atoms with Gasteiger partial charge in [0.25, 0.3) is 5.91 Å². The summed E-state index contributed by atoms with van der Waals surface area (Å²) in [5.74, 6) is 1.70. The summed E-state index contributed by atoms with van der Waals surface area (Å²) in [4.78, 5) is 12.4. The molecular formula is C22H21N5O3. The van der Waals surface area contributed by atoms with Crippen molar-refractivity contribution in [2.75, 3.05) is 7.11 Å². The minimum Gasteiger partial charge on any atom is -0.497 e. The van der Waals surface area contributed by atoms with Gasteiger partial charge >= 0.3 is 0 Å². The summed E-state index contributed by atoms with van der Waals surface area (Å²) < 4.78 is 12.5. The first-order valence-electron chi connectivity index (χ1n) is 9.49. The molecule has 4 aromatic rings. The molecular weight excluding hydrogens is 382 g/mol. The summed E-state index contributed by atoms with van der Waals surface area (Å²) in [5, 5.41) is 15.7. The molecule has 0 aliphatic carbocycles. The van der Waals surface area contributed by atoms with Gasteiger partial charge < -0.3 is 14.8 Å². The van der Waals surface area contributed by atoms with Crippen LogP contribution in [0, 0.1) is 0 Å². The topological polar surface area (TPSA) is 90.6 Å². The Kier molecular flexibility index (Phi) is 5.56. The summed E-state index contributed by atoms with van der Waals surface area (Å²) in [6.45, 7) is 1.88. The molecule has 0 fully saturated rings. The van der Waals surface area contributed by atoms with Gasteiger partial charge in [-0.2, -0.15) is 9.61 Å². The average Bonchev–Trinajstić information content (AvgIpc) is 3.20. The molecule has 0 bridgehead atoms. The molecule has 4 rings (SSSR count). The smallest absolute Gasteiger partial charge is 0.261 e. The predicted molar refractivity (Wildman–Crippen MR) is 111 cm³/mol. The van der Waals surface area contributed by atoms with Crippen LogP contribution in [0.3, 0.4) is 0 Å². The van der Waals surface area contributed by atoms with E-state index in [1.54, 1.807) is 30.7 Å². The van der Waals surface area contributed by atoms with Crippen LogP contribution in [0.15, 0.2) is 66.7 Å². The van der Waals surface area contributed by atoms with E-state index in [9.17, 15) is 4.79 Å². The highest BCUT2D eigenvalue weighted by Crippen LogP contribution is 2.21. The fraction of sp³-hybridized carbons (Fsp3) is 0.182. The number of nitrogens with zero attached hydrogens (tertiary/aromatic N) is 4. The van der Waals surface area contributed by atoms with Crippen molar-refractivity contribution in [1.82, 2.24) is 25.1 Å². The van der Waals surface area contributed by atoms with E-state index in [2.05, 4.69) is 20.6 Å². The fourth-order valence-corrected chi connectivity index (χ4v) is 2.93. The predicted octanol–water partition coefficient (Wildman–Crippen LogP) is 2.88. The molecule has 152 valence electrons. The number of carbonyl (C=O) groups excluding carboxylic acids is 1. The van der Waals surface area contributed by atoms with E-state index < -0.39 is 6.10 Å². The summed E-state index contributed by atoms with van der Waals surface area (Å²) in [7, 11) is 1.63. The zero-order chi connectivity index (χ0) is 20.9. The fourth-order valence-electron chi connectivity index (χ4n) is 2.93. The van der Waals surface area contributed by atoms with Crippen LogP contribution in [0.4, 0.5) is 0 Å². The van der Waals surface area contributed by atoms with Gasteiger partial charge in [0.05, 0.1) is 19.3 Å². The van der Waals surface area contributed by atoms with Gasteiger partial charge in [-0.15, -0.1) is 10.2 Å². The van der Waals surface area contributed by atoms with Gasteiger partial charge in [0.2, 0.25) is 0 Å². The van der Waals surface area contributed by atoms with Crippen molar-refractivity contribution in [1.29, 1.82) is 0 Å². The lowest BCUT2D eigenvalue weighted by Gasteiger charge is -2.14. The number of aromatic nitrogens is 4. The van der Waals surface area contributed by atoms with Crippen molar-refractivity contribution in [3.05, 3.63) is 72.6 Å². The van der Waals surface area contributed by atoms with Crippen molar-refractivity contribution in [3.8, 4) is 22.8 Å². The van der Waals surface area contributed by atoms with E-state index in [1.807, 2.05) is 54.6 Å². The van der Waals surface area contributed by atoms with Crippen LogP contribution in [0.25, 0.3) is 16.9 Å². The molecule has 0 saturated carbocycles. The van der Waals surface area contributed by atoms with E-state index in [1.165, 1.54) is 0 Å². The van der Waals surface area contributed by atoms with Crippen molar-refractivity contribution in [3.63, 3.8) is 0 Å². The summed E-state index contributed by atoms with van der Waals surface area (Å²) in [5.41, 5.74) is 2.30. The Labute approximate surface area is 173 Å². The Balaban J connectivity index is 1.46. The number of rotatable bonds is 7. The van der Waals surface area contributed by atoms with Gasteiger partial charge in [0.15, 0.2) is 17.6 Å². The molecule has 0 aliphatic heterocycles. The molecule has 30 heavy (non-hydrogen) atoms. The van der Waals surface area contributed by atoms with E-state index in [0.29, 0.717) is 17.2 Å². The minimum atomic E-state index is -0.644. The number of para-hydroxylation sites is 1. The number of fused-ring (bicyclic) bond motifs is 1. The first-order chi connectivity index (χ1) is 14.6. The molecule has 0 unspecified atom stereocenters. The molecule has 0 saturated heterocycles. The molecule has 2 aromatic carbocycles. The van der Waals surface area contributed by atoms with E-state index in [4.69, 9.17) is 9.47 Å². The number of methoxy groups -OCH3 is 1. The molecule has 1 N–H and O–H groups in total. The molecule has 8 nitrogen and oxygen atoms in total. The molecule has 1 atom stereocenters. The number of hydrogen-bond acceptors (Lipinski definition) is 6.